The summed E-state index contributed by atoms with van der Waals surface area (Å²) in [5, 5.41) is 19.3. The fourth-order valence-corrected chi connectivity index (χ4v) is 5.07. The summed E-state index contributed by atoms with van der Waals surface area (Å²) in [6.45, 7) is -0.590. The number of hydrogen-bond acceptors (Lipinski definition) is 5. The minimum Gasteiger partial charge on any atom is -0.394 e. The zero-order valence-electron chi connectivity index (χ0n) is 16.5. The lowest BCUT2D eigenvalue weighted by Crippen LogP contribution is -2.54. The Bertz CT molecular complexity index is 1210. The van der Waals surface area contributed by atoms with Crippen LogP contribution in [0.4, 0.5) is 4.39 Å². The molecular formula is C21H22FN3O5S. The molecule has 0 unspecified atom stereocenters. The number of piperazine rings is 1. The average molecular weight is 447 g/mol. The number of amides is 1. The van der Waals surface area contributed by atoms with E-state index in [2.05, 4.69) is 4.98 Å². The third-order valence-corrected chi connectivity index (χ3v) is 7.23. The number of carbonyl (C=O) groups excluding carboxylic acids is 1. The largest absolute Gasteiger partial charge is 0.394 e. The molecule has 1 fully saturated rings. The van der Waals surface area contributed by atoms with E-state index in [9.17, 15) is 22.7 Å². The van der Waals surface area contributed by atoms with Crippen LogP contribution in [0.15, 0.2) is 53.6 Å². The Labute approximate surface area is 178 Å². The Hall–Kier alpha value is -2.79. The summed E-state index contributed by atoms with van der Waals surface area (Å²) < 4.78 is 40.5. The monoisotopic (exact) mass is 447 g/mol. The maximum atomic E-state index is 13.4. The standard InChI is InChI=1S/C21H22FN3O5S/c22-15-3-6-18-19(10-23-20(18)9-15)14-1-4-17(5-2-14)31(29,30)25-8-7-24(21(28)12-25)11-16(27)13-26/h1-6,9-10,16,23,26-27H,7-8,11-13H2/t16-/m0/s1. The number of H-pyrrole nitrogens is 1. The molecule has 3 N–H and O–H groups in total. The van der Waals surface area contributed by atoms with Crippen LogP contribution in [0, 0.1) is 5.82 Å². The summed E-state index contributed by atoms with van der Waals surface area (Å²) in [5.41, 5.74) is 2.25. The molecular weight excluding hydrogens is 425 g/mol. The van der Waals surface area contributed by atoms with Gasteiger partial charge in [0.2, 0.25) is 15.9 Å². The molecule has 164 valence electrons. The van der Waals surface area contributed by atoms with Crippen LogP contribution < -0.4 is 0 Å². The first kappa shape index (κ1) is 21.4. The van der Waals surface area contributed by atoms with Gasteiger partial charge in [-0.3, -0.25) is 4.79 Å². The molecule has 1 saturated heterocycles. The topological polar surface area (TPSA) is 114 Å². The van der Waals surface area contributed by atoms with Crippen molar-refractivity contribution in [2.75, 3.05) is 32.8 Å². The summed E-state index contributed by atoms with van der Waals surface area (Å²) in [6, 6.07) is 10.8. The Morgan fingerprint density at radius 3 is 2.55 bits per heavy atom. The van der Waals surface area contributed by atoms with Gasteiger partial charge in [0, 0.05) is 42.3 Å². The maximum absolute atomic E-state index is 13.4. The van der Waals surface area contributed by atoms with Gasteiger partial charge in [-0.1, -0.05) is 12.1 Å². The third kappa shape index (κ3) is 4.19. The van der Waals surface area contributed by atoms with Gasteiger partial charge in [-0.05, 0) is 35.9 Å². The molecule has 1 aromatic heterocycles. The summed E-state index contributed by atoms with van der Waals surface area (Å²) in [7, 11) is -3.87. The number of aromatic amines is 1. The molecule has 2 heterocycles. The molecule has 1 aliphatic heterocycles. The molecule has 2 aromatic carbocycles. The van der Waals surface area contributed by atoms with Gasteiger partial charge >= 0.3 is 0 Å². The first-order valence-corrected chi connectivity index (χ1v) is 11.2. The Balaban J connectivity index is 1.52. The predicted molar refractivity (Wildman–Crippen MR) is 112 cm³/mol. The van der Waals surface area contributed by atoms with E-state index in [0.717, 1.165) is 20.8 Å². The van der Waals surface area contributed by atoms with Crippen LogP contribution in [0.1, 0.15) is 0 Å². The molecule has 0 bridgehead atoms. The number of rotatable bonds is 6. The number of carbonyl (C=O) groups is 1. The minimum atomic E-state index is -3.87. The molecule has 1 aliphatic rings. The quantitative estimate of drug-likeness (QED) is 0.525. The van der Waals surface area contributed by atoms with Gasteiger partial charge < -0.3 is 20.1 Å². The van der Waals surface area contributed by atoms with Gasteiger partial charge in [0.25, 0.3) is 0 Å². The highest BCUT2D eigenvalue weighted by atomic mass is 32.2. The number of fused-ring (bicyclic) bond motifs is 1. The Kier molecular flexibility index (Phi) is 5.80. The molecule has 31 heavy (non-hydrogen) atoms. The highest BCUT2D eigenvalue weighted by Gasteiger charge is 2.33. The average Bonchev–Trinajstić information content (AvgIpc) is 3.18. The van der Waals surface area contributed by atoms with Gasteiger partial charge in [0.15, 0.2) is 0 Å². The first-order valence-electron chi connectivity index (χ1n) is 9.73. The predicted octanol–water partition coefficient (Wildman–Crippen LogP) is 1.16. The van der Waals surface area contributed by atoms with Crippen LogP contribution in [0.25, 0.3) is 22.0 Å². The second kappa shape index (κ2) is 8.39. The van der Waals surface area contributed by atoms with Gasteiger partial charge in [0.1, 0.15) is 5.82 Å². The van der Waals surface area contributed by atoms with Crippen molar-refractivity contribution in [1.29, 1.82) is 0 Å². The number of hydrogen-bond donors (Lipinski definition) is 3. The van der Waals surface area contributed by atoms with Gasteiger partial charge in [-0.15, -0.1) is 0 Å². The normalized spacial score (nSPS) is 16.7. The zero-order valence-corrected chi connectivity index (χ0v) is 17.3. The van der Waals surface area contributed by atoms with E-state index < -0.39 is 28.6 Å². The van der Waals surface area contributed by atoms with Gasteiger partial charge in [-0.2, -0.15) is 4.31 Å². The van der Waals surface area contributed by atoms with Gasteiger partial charge in [0.05, 0.1) is 24.2 Å². The van der Waals surface area contributed by atoms with Crippen LogP contribution in [-0.4, -0.2) is 77.6 Å². The van der Waals surface area contributed by atoms with Crippen molar-refractivity contribution in [3.8, 4) is 11.1 Å². The van der Waals surface area contributed by atoms with E-state index in [1.54, 1.807) is 24.4 Å². The van der Waals surface area contributed by atoms with E-state index >= 15 is 0 Å². The van der Waals surface area contributed by atoms with E-state index in [1.165, 1.54) is 29.2 Å². The van der Waals surface area contributed by atoms with Crippen LogP contribution >= 0.6 is 0 Å². The van der Waals surface area contributed by atoms with Crippen molar-refractivity contribution in [3.05, 3.63) is 54.5 Å². The van der Waals surface area contributed by atoms with Crippen molar-refractivity contribution < 1.29 is 27.8 Å². The lowest BCUT2D eigenvalue weighted by molar-refractivity contribution is -0.135. The SMILES string of the molecule is O=C1CN(S(=O)(=O)c2ccc(-c3c[nH]c4cc(F)ccc34)cc2)CCN1C[C@H](O)CO. The Morgan fingerprint density at radius 1 is 1.13 bits per heavy atom. The lowest BCUT2D eigenvalue weighted by Gasteiger charge is -2.34. The summed E-state index contributed by atoms with van der Waals surface area (Å²) >= 11 is 0. The summed E-state index contributed by atoms with van der Waals surface area (Å²) in [6.07, 6.45) is 0.687. The number of sulfonamides is 1. The third-order valence-electron chi connectivity index (χ3n) is 5.37. The smallest absolute Gasteiger partial charge is 0.243 e. The number of benzene rings is 2. The number of aliphatic hydroxyl groups is 2. The van der Waals surface area contributed by atoms with E-state index in [1.807, 2.05) is 0 Å². The minimum absolute atomic E-state index is 0.0353. The first-order chi connectivity index (χ1) is 14.8. The number of nitrogens with one attached hydrogen (secondary N) is 1. The number of aliphatic hydroxyl groups excluding tert-OH is 2. The van der Waals surface area contributed by atoms with Crippen molar-refractivity contribution in [2.24, 2.45) is 0 Å². The fourth-order valence-electron chi connectivity index (χ4n) is 3.69. The molecule has 10 heteroatoms. The van der Waals surface area contributed by atoms with Crippen LogP contribution in [0.3, 0.4) is 0 Å². The van der Waals surface area contributed by atoms with Crippen LogP contribution in [0.5, 0.6) is 0 Å². The summed E-state index contributed by atoms with van der Waals surface area (Å²) in [5.74, 6) is -0.771. The van der Waals surface area contributed by atoms with Crippen molar-refractivity contribution in [1.82, 2.24) is 14.2 Å². The Morgan fingerprint density at radius 2 is 1.87 bits per heavy atom. The zero-order chi connectivity index (χ0) is 22.2. The van der Waals surface area contributed by atoms with Crippen molar-refractivity contribution in [3.63, 3.8) is 0 Å². The van der Waals surface area contributed by atoms with E-state index in [4.69, 9.17) is 5.11 Å². The van der Waals surface area contributed by atoms with E-state index in [-0.39, 0.29) is 36.9 Å². The molecule has 3 aromatic rings. The second-order valence-electron chi connectivity index (χ2n) is 7.43. The maximum Gasteiger partial charge on any atom is 0.243 e. The molecule has 0 aliphatic carbocycles. The van der Waals surface area contributed by atoms with Crippen molar-refractivity contribution >= 4 is 26.8 Å². The number of β-amino-alcohol motifs (C(OH)–C–C–N with tert-alkyl or cyclic N) is 1. The number of aromatic nitrogens is 1. The highest BCUT2D eigenvalue weighted by molar-refractivity contribution is 7.89. The molecule has 0 radical (unpaired) electrons. The molecule has 0 saturated carbocycles. The van der Waals surface area contributed by atoms with Crippen LogP contribution in [0.2, 0.25) is 0 Å². The van der Waals surface area contributed by atoms with Gasteiger partial charge in [-0.25, -0.2) is 12.8 Å². The van der Waals surface area contributed by atoms with E-state index in [0.29, 0.717) is 5.52 Å². The second-order valence-corrected chi connectivity index (χ2v) is 9.37. The molecule has 4 rings (SSSR count). The molecule has 1 amide bonds. The molecule has 0 spiro atoms. The van der Waals surface area contributed by atoms with Crippen molar-refractivity contribution in [2.45, 2.75) is 11.0 Å². The summed E-state index contributed by atoms with van der Waals surface area (Å²) in [4.78, 5) is 16.7. The lowest BCUT2D eigenvalue weighted by atomic mass is 10.1. The number of halogens is 1. The highest BCUT2D eigenvalue weighted by Crippen LogP contribution is 2.30. The molecule has 1 atom stereocenters. The van der Waals surface area contributed by atoms with Crippen LogP contribution in [-0.2, 0) is 14.8 Å². The molecule has 8 nitrogen and oxygen atoms in total. The fraction of sp³-hybridized carbons (Fsp3) is 0.286. The number of nitrogens with zero attached hydrogens (tertiary/aromatic N) is 2.